The lowest BCUT2D eigenvalue weighted by Gasteiger charge is -2.21. The van der Waals surface area contributed by atoms with Crippen molar-refractivity contribution in [1.82, 2.24) is 9.88 Å². The van der Waals surface area contributed by atoms with Crippen LogP contribution in [0.15, 0.2) is 29.2 Å². The molecule has 1 aromatic heterocycles. The molecule has 0 bridgehead atoms. The number of esters is 1. The van der Waals surface area contributed by atoms with E-state index < -0.39 is 64.3 Å². The molecule has 2 aromatic rings. The molecule has 1 heterocycles. The molecule has 0 spiro atoms. The van der Waals surface area contributed by atoms with Gasteiger partial charge in [-0.15, -0.1) is 0 Å². The van der Waals surface area contributed by atoms with Crippen LogP contribution >= 0.6 is 0 Å². The minimum atomic E-state index is -1.92. The first kappa shape index (κ1) is 22.4. The summed E-state index contributed by atoms with van der Waals surface area (Å²) in [5, 5.41) is 21.3. The highest BCUT2D eigenvalue weighted by atomic mass is 19.1. The highest BCUT2D eigenvalue weighted by molar-refractivity contribution is 5.97. The second kappa shape index (κ2) is 8.44. The fourth-order valence-electron chi connectivity index (χ4n) is 3.37. The molecule has 11 heteroatoms. The molecule has 1 aromatic carbocycles. The van der Waals surface area contributed by atoms with Crippen LogP contribution in [0.5, 0.6) is 5.75 Å². The van der Waals surface area contributed by atoms with Gasteiger partial charge in [-0.3, -0.25) is 9.59 Å². The molecule has 166 valence electrons. The molecule has 31 heavy (non-hydrogen) atoms. The zero-order valence-corrected chi connectivity index (χ0v) is 16.6. The number of carbonyl (C=O) groups excluding carboxylic acids is 2. The van der Waals surface area contributed by atoms with Crippen LogP contribution in [0.4, 0.5) is 8.78 Å². The highest BCUT2D eigenvalue weighted by Crippen LogP contribution is 2.46. The maximum atomic E-state index is 14.2. The summed E-state index contributed by atoms with van der Waals surface area (Å²) in [6.45, 7) is -0.570. The summed E-state index contributed by atoms with van der Waals surface area (Å²) < 4.78 is 38.0. The molecule has 0 atom stereocenters. The number of amides is 1. The van der Waals surface area contributed by atoms with Crippen LogP contribution in [0.2, 0.25) is 0 Å². The molecule has 1 saturated carbocycles. The van der Waals surface area contributed by atoms with Crippen LogP contribution < -0.4 is 15.5 Å². The van der Waals surface area contributed by atoms with Crippen molar-refractivity contribution < 1.29 is 38.1 Å². The number of carbonyl (C=O) groups is 2. The molecule has 3 N–H and O–H groups in total. The monoisotopic (exact) mass is 438 g/mol. The Hall–Kier alpha value is -3.31. The predicted molar refractivity (Wildman–Crippen MR) is 102 cm³/mol. The Morgan fingerprint density at radius 2 is 1.94 bits per heavy atom. The van der Waals surface area contributed by atoms with Crippen LogP contribution in [0.1, 0.15) is 39.3 Å². The minimum absolute atomic E-state index is 0.0755. The number of aliphatic hydroxyl groups is 2. The lowest BCUT2D eigenvalue weighted by molar-refractivity contribution is -0.0519. The van der Waals surface area contributed by atoms with Crippen molar-refractivity contribution in [3.05, 3.63) is 63.1 Å². The fourth-order valence-corrected chi connectivity index (χ4v) is 3.37. The largest absolute Gasteiger partial charge is 0.491 e. The molecule has 3 rings (SSSR count). The number of rotatable bonds is 7. The van der Waals surface area contributed by atoms with Gasteiger partial charge in [0.05, 0.1) is 26.3 Å². The van der Waals surface area contributed by atoms with Gasteiger partial charge in [0.25, 0.3) is 5.91 Å². The zero-order valence-electron chi connectivity index (χ0n) is 16.6. The molecular weight excluding hydrogens is 418 g/mol. The van der Waals surface area contributed by atoms with Gasteiger partial charge in [0.15, 0.2) is 17.7 Å². The number of hydrogen-bond acceptors (Lipinski definition) is 7. The molecule has 1 fully saturated rings. The predicted octanol–water partition coefficient (Wildman–Crippen LogP) is 0.651. The topological polar surface area (TPSA) is 127 Å². The maximum absolute atomic E-state index is 14.2. The van der Waals surface area contributed by atoms with Crippen molar-refractivity contribution >= 4 is 11.9 Å². The summed E-state index contributed by atoms with van der Waals surface area (Å²) in [4.78, 5) is 37.9. The lowest BCUT2D eigenvalue weighted by atomic mass is 10.0. The number of pyridine rings is 1. The third kappa shape index (κ3) is 4.28. The van der Waals surface area contributed by atoms with E-state index in [2.05, 4.69) is 10.1 Å². The Bertz CT molecular complexity index is 1090. The molecule has 0 unspecified atom stereocenters. The average Bonchev–Trinajstić information content (AvgIpc) is 3.47. The average molecular weight is 438 g/mol. The van der Waals surface area contributed by atoms with E-state index in [-0.39, 0.29) is 5.56 Å². The Kier molecular flexibility index (Phi) is 6.09. The zero-order chi connectivity index (χ0) is 22.9. The number of aromatic nitrogens is 1. The first-order chi connectivity index (χ1) is 14.6. The maximum Gasteiger partial charge on any atom is 0.358 e. The summed E-state index contributed by atoms with van der Waals surface area (Å²) in [7, 11) is 2.15. The molecule has 9 nitrogen and oxygen atoms in total. The summed E-state index contributed by atoms with van der Waals surface area (Å²) >= 11 is 0. The number of hydrogen-bond donors (Lipinski definition) is 3. The molecule has 1 aliphatic carbocycles. The van der Waals surface area contributed by atoms with E-state index in [4.69, 9.17) is 4.74 Å². The van der Waals surface area contributed by atoms with E-state index in [1.807, 2.05) is 0 Å². The van der Waals surface area contributed by atoms with Crippen LogP contribution in [0.25, 0.3) is 0 Å². The molecular formula is C20H20F2N2O7. The quantitative estimate of drug-likeness (QED) is 0.428. The Morgan fingerprint density at radius 1 is 1.26 bits per heavy atom. The van der Waals surface area contributed by atoms with Gasteiger partial charge in [0, 0.05) is 17.8 Å². The van der Waals surface area contributed by atoms with Gasteiger partial charge in [-0.25, -0.2) is 13.6 Å². The number of benzene rings is 1. The van der Waals surface area contributed by atoms with E-state index in [1.54, 1.807) is 0 Å². The van der Waals surface area contributed by atoms with Gasteiger partial charge in [0.2, 0.25) is 5.43 Å². The summed E-state index contributed by atoms with van der Waals surface area (Å²) in [5.74, 6) is -4.03. The molecule has 0 radical (unpaired) electrons. The summed E-state index contributed by atoms with van der Waals surface area (Å²) in [6.07, 6.45) is -0.234. The number of ether oxygens (including phenoxy) is 2. The van der Waals surface area contributed by atoms with Crippen molar-refractivity contribution in [3.63, 3.8) is 0 Å². The number of nitrogens with one attached hydrogen (secondary N) is 1. The summed E-state index contributed by atoms with van der Waals surface area (Å²) in [6, 6.07) is 2.99. The van der Waals surface area contributed by atoms with E-state index in [1.165, 1.54) is 6.07 Å². The molecule has 0 aliphatic heterocycles. The number of nitrogens with zero attached hydrogens (tertiary/aromatic N) is 1. The summed E-state index contributed by atoms with van der Waals surface area (Å²) in [5.41, 5.74) is -2.87. The van der Waals surface area contributed by atoms with Crippen molar-refractivity contribution in [2.45, 2.75) is 31.2 Å². The minimum Gasteiger partial charge on any atom is -0.491 e. The third-order valence-corrected chi connectivity index (χ3v) is 4.98. The number of methoxy groups -OCH3 is 2. The van der Waals surface area contributed by atoms with Crippen LogP contribution in [0.3, 0.4) is 0 Å². The van der Waals surface area contributed by atoms with E-state index in [0.717, 1.165) is 31.0 Å². The fraction of sp³-hybridized carbons (Fsp3) is 0.350. The van der Waals surface area contributed by atoms with Gasteiger partial charge in [-0.1, -0.05) is 6.07 Å². The van der Waals surface area contributed by atoms with Crippen LogP contribution in [-0.4, -0.2) is 47.2 Å². The smallest absolute Gasteiger partial charge is 0.358 e. The first-order valence-corrected chi connectivity index (χ1v) is 9.17. The Morgan fingerprint density at radius 3 is 2.45 bits per heavy atom. The highest BCUT2D eigenvalue weighted by Gasteiger charge is 2.48. The van der Waals surface area contributed by atoms with Gasteiger partial charge >= 0.3 is 5.97 Å². The van der Waals surface area contributed by atoms with Gasteiger partial charge in [0.1, 0.15) is 17.2 Å². The third-order valence-electron chi connectivity index (χ3n) is 4.98. The standard InChI is InChI=1S/C20H20F2N2O7/c1-30-17-15(19(29)31-2)24(9-14(25)26)8-11(16(17)27)18(28)23-20(5-6-20)12-4-3-10(21)7-13(12)22/h3-4,7-8,14,25-26H,5-6,9H2,1-2H3,(H,23,28). The lowest BCUT2D eigenvalue weighted by Crippen LogP contribution is -2.39. The molecule has 1 amide bonds. The normalized spacial score (nSPS) is 14.3. The van der Waals surface area contributed by atoms with Crippen molar-refractivity contribution in [3.8, 4) is 5.75 Å². The van der Waals surface area contributed by atoms with Crippen molar-refractivity contribution in [1.29, 1.82) is 0 Å². The second-order valence-electron chi connectivity index (χ2n) is 7.04. The van der Waals surface area contributed by atoms with E-state index in [0.29, 0.717) is 18.9 Å². The van der Waals surface area contributed by atoms with Crippen molar-refractivity contribution in [2.75, 3.05) is 14.2 Å². The van der Waals surface area contributed by atoms with Gasteiger partial charge in [-0.2, -0.15) is 0 Å². The van der Waals surface area contributed by atoms with Crippen LogP contribution in [-0.2, 0) is 16.8 Å². The van der Waals surface area contributed by atoms with Gasteiger partial charge < -0.3 is 29.6 Å². The van der Waals surface area contributed by atoms with Gasteiger partial charge in [-0.05, 0) is 18.9 Å². The second-order valence-corrected chi connectivity index (χ2v) is 7.04. The SMILES string of the molecule is COC(=O)c1c(OC)c(=O)c(C(=O)NC2(c3ccc(F)cc3F)CC2)cn1CC(O)O. The Labute approximate surface area is 174 Å². The van der Waals surface area contributed by atoms with E-state index in [9.17, 15) is 33.4 Å². The first-order valence-electron chi connectivity index (χ1n) is 9.17. The van der Waals surface area contributed by atoms with Crippen molar-refractivity contribution in [2.24, 2.45) is 0 Å². The number of aliphatic hydroxyl groups excluding tert-OH is 1. The molecule has 1 aliphatic rings. The van der Waals surface area contributed by atoms with E-state index >= 15 is 0 Å². The number of halogens is 2. The van der Waals surface area contributed by atoms with Crippen LogP contribution in [0, 0.1) is 11.6 Å². The Balaban J connectivity index is 2.05. The molecule has 0 saturated heterocycles.